The van der Waals surface area contributed by atoms with E-state index in [2.05, 4.69) is 17.2 Å². The zero-order valence-electron chi connectivity index (χ0n) is 11.2. The van der Waals surface area contributed by atoms with Crippen molar-refractivity contribution in [1.29, 1.82) is 0 Å². The zero-order valence-corrected chi connectivity index (χ0v) is 12.8. The number of halogens is 1. The van der Waals surface area contributed by atoms with E-state index in [0.29, 0.717) is 22.6 Å². The molecule has 1 aliphatic heterocycles. The highest BCUT2D eigenvalue weighted by molar-refractivity contribution is 8.14. The fraction of sp³-hybridized carbons (Fsp3) is 0.462. The van der Waals surface area contributed by atoms with Crippen LogP contribution in [0.1, 0.15) is 13.3 Å². The van der Waals surface area contributed by atoms with Gasteiger partial charge < -0.3 is 14.8 Å². The van der Waals surface area contributed by atoms with Crippen LogP contribution in [0, 0.1) is 0 Å². The minimum atomic E-state index is 0.396. The highest BCUT2D eigenvalue weighted by Crippen LogP contribution is 2.36. The second-order valence-electron chi connectivity index (χ2n) is 4.12. The van der Waals surface area contributed by atoms with E-state index in [4.69, 9.17) is 21.1 Å². The number of thioether (sulfide) groups is 1. The van der Waals surface area contributed by atoms with Crippen LogP contribution in [-0.2, 0) is 0 Å². The number of anilines is 1. The standard InChI is InChI=1S/C13H17ClN2O2S/c1-4-8-7-19-13(15-8)16-10-5-9(14)11(17-2)6-12(10)18-3/h5-6,8H,4,7H2,1-3H3,(H,15,16). The van der Waals surface area contributed by atoms with Crippen LogP contribution >= 0.6 is 23.4 Å². The fourth-order valence-electron chi connectivity index (χ4n) is 1.77. The molecule has 1 N–H and O–H groups in total. The fourth-order valence-corrected chi connectivity index (χ4v) is 3.07. The molecule has 4 nitrogen and oxygen atoms in total. The molecule has 0 bridgehead atoms. The van der Waals surface area contributed by atoms with Crippen LogP contribution in [0.25, 0.3) is 0 Å². The van der Waals surface area contributed by atoms with E-state index in [0.717, 1.165) is 23.0 Å². The van der Waals surface area contributed by atoms with Crippen molar-refractivity contribution in [3.63, 3.8) is 0 Å². The summed E-state index contributed by atoms with van der Waals surface area (Å²) >= 11 is 7.85. The third-order valence-electron chi connectivity index (χ3n) is 2.90. The van der Waals surface area contributed by atoms with Crippen molar-refractivity contribution in [2.45, 2.75) is 19.4 Å². The molecule has 104 valence electrons. The number of ether oxygens (including phenoxy) is 2. The van der Waals surface area contributed by atoms with Crippen molar-refractivity contribution in [2.75, 3.05) is 25.3 Å². The summed E-state index contributed by atoms with van der Waals surface area (Å²) in [4.78, 5) is 4.59. The molecule has 0 saturated carbocycles. The number of nitrogens with one attached hydrogen (secondary N) is 1. The first-order valence-electron chi connectivity index (χ1n) is 6.07. The smallest absolute Gasteiger partial charge is 0.161 e. The van der Waals surface area contributed by atoms with Crippen molar-refractivity contribution < 1.29 is 9.47 Å². The van der Waals surface area contributed by atoms with Crippen LogP contribution in [0.2, 0.25) is 5.02 Å². The van der Waals surface area contributed by atoms with Gasteiger partial charge in [0.25, 0.3) is 0 Å². The molecular formula is C13H17ClN2O2S. The Balaban J connectivity index is 2.22. The Bertz CT molecular complexity index is 494. The lowest BCUT2D eigenvalue weighted by Crippen LogP contribution is -2.07. The first kappa shape index (κ1) is 14.3. The first-order valence-corrected chi connectivity index (χ1v) is 7.43. The lowest BCUT2D eigenvalue weighted by molar-refractivity contribution is 0.396. The molecule has 0 fully saturated rings. The van der Waals surface area contributed by atoms with E-state index in [9.17, 15) is 0 Å². The lowest BCUT2D eigenvalue weighted by atomic mass is 10.2. The van der Waals surface area contributed by atoms with Gasteiger partial charge in [0.05, 0.1) is 31.0 Å². The normalized spacial score (nSPS) is 18.1. The van der Waals surface area contributed by atoms with Gasteiger partial charge in [0.2, 0.25) is 0 Å². The second kappa shape index (κ2) is 6.39. The number of rotatable bonds is 4. The Morgan fingerprint density at radius 1 is 1.37 bits per heavy atom. The first-order chi connectivity index (χ1) is 9.17. The number of hydrogen-bond donors (Lipinski definition) is 1. The third kappa shape index (κ3) is 3.28. The topological polar surface area (TPSA) is 42.8 Å². The van der Waals surface area contributed by atoms with Crippen molar-refractivity contribution in [3.05, 3.63) is 17.2 Å². The van der Waals surface area contributed by atoms with Gasteiger partial charge in [-0.15, -0.1) is 0 Å². The molecule has 0 aromatic heterocycles. The van der Waals surface area contributed by atoms with E-state index < -0.39 is 0 Å². The quantitative estimate of drug-likeness (QED) is 0.921. The minimum absolute atomic E-state index is 0.396. The van der Waals surface area contributed by atoms with Crippen molar-refractivity contribution in [3.8, 4) is 11.5 Å². The van der Waals surface area contributed by atoms with Gasteiger partial charge in [-0.2, -0.15) is 0 Å². The van der Waals surface area contributed by atoms with E-state index in [1.807, 2.05) is 0 Å². The number of methoxy groups -OCH3 is 2. The highest BCUT2D eigenvalue weighted by atomic mass is 35.5. The summed E-state index contributed by atoms with van der Waals surface area (Å²) in [5.74, 6) is 2.30. The van der Waals surface area contributed by atoms with E-state index in [1.165, 1.54) is 0 Å². The van der Waals surface area contributed by atoms with E-state index in [1.54, 1.807) is 38.1 Å². The summed E-state index contributed by atoms with van der Waals surface area (Å²) in [5.41, 5.74) is 0.802. The Kier molecular flexibility index (Phi) is 4.82. The Morgan fingerprint density at radius 2 is 2.11 bits per heavy atom. The Labute approximate surface area is 122 Å². The maximum atomic E-state index is 6.13. The van der Waals surface area contributed by atoms with Gasteiger partial charge in [0.1, 0.15) is 11.5 Å². The number of aliphatic imine (C=N–C) groups is 1. The lowest BCUT2D eigenvalue weighted by Gasteiger charge is -2.13. The van der Waals surface area contributed by atoms with Crippen molar-refractivity contribution >= 4 is 34.2 Å². The van der Waals surface area contributed by atoms with E-state index >= 15 is 0 Å². The van der Waals surface area contributed by atoms with Crippen LogP contribution < -0.4 is 14.8 Å². The third-order valence-corrected chi connectivity index (χ3v) is 4.23. The predicted molar refractivity (Wildman–Crippen MR) is 82.2 cm³/mol. The molecule has 1 aliphatic rings. The van der Waals surface area contributed by atoms with Crippen LogP contribution in [0.4, 0.5) is 5.69 Å². The molecule has 6 heteroatoms. The molecule has 1 aromatic rings. The molecule has 0 radical (unpaired) electrons. The Morgan fingerprint density at radius 3 is 2.68 bits per heavy atom. The monoisotopic (exact) mass is 300 g/mol. The van der Waals surface area contributed by atoms with Gasteiger partial charge in [-0.05, 0) is 12.5 Å². The Hall–Kier alpha value is -1.07. The molecule has 1 atom stereocenters. The average molecular weight is 301 g/mol. The molecule has 0 spiro atoms. The molecule has 1 unspecified atom stereocenters. The average Bonchev–Trinajstić information content (AvgIpc) is 2.87. The number of hydrogen-bond acceptors (Lipinski definition) is 5. The van der Waals surface area contributed by atoms with Gasteiger partial charge in [-0.25, -0.2) is 0 Å². The zero-order chi connectivity index (χ0) is 13.8. The number of benzene rings is 1. The maximum absolute atomic E-state index is 6.13. The largest absolute Gasteiger partial charge is 0.495 e. The van der Waals surface area contributed by atoms with Crippen LogP contribution in [0.5, 0.6) is 11.5 Å². The minimum Gasteiger partial charge on any atom is -0.495 e. The van der Waals surface area contributed by atoms with Gasteiger partial charge in [-0.1, -0.05) is 30.3 Å². The summed E-state index contributed by atoms with van der Waals surface area (Å²) in [7, 11) is 3.20. The molecule has 2 rings (SSSR count). The SMILES string of the molecule is CCC1CSC(Nc2cc(Cl)c(OC)cc2OC)=N1. The van der Waals surface area contributed by atoms with E-state index in [-0.39, 0.29) is 0 Å². The summed E-state index contributed by atoms with van der Waals surface area (Å²) < 4.78 is 10.5. The van der Waals surface area contributed by atoms with Crippen LogP contribution in [0.3, 0.4) is 0 Å². The molecule has 0 saturated heterocycles. The van der Waals surface area contributed by atoms with Crippen LogP contribution in [0.15, 0.2) is 17.1 Å². The summed E-state index contributed by atoms with van der Waals surface area (Å²) in [6.45, 7) is 2.14. The molecule has 0 aliphatic carbocycles. The number of amidine groups is 1. The van der Waals surface area contributed by atoms with Crippen molar-refractivity contribution in [2.24, 2.45) is 4.99 Å². The summed E-state index contributed by atoms with van der Waals surface area (Å²) in [6.07, 6.45) is 1.05. The van der Waals surface area contributed by atoms with Gasteiger partial charge in [-0.3, -0.25) is 4.99 Å². The number of nitrogens with zero attached hydrogens (tertiary/aromatic N) is 1. The van der Waals surface area contributed by atoms with Gasteiger partial charge in [0.15, 0.2) is 5.17 Å². The molecular weight excluding hydrogens is 284 g/mol. The van der Waals surface area contributed by atoms with Gasteiger partial charge >= 0.3 is 0 Å². The second-order valence-corrected chi connectivity index (χ2v) is 5.54. The molecule has 1 heterocycles. The van der Waals surface area contributed by atoms with Crippen LogP contribution in [-0.4, -0.2) is 31.2 Å². The van der Waals surface area contributed by atoms with Gasteiger partial charge in [0, 0.05) is 11.8 Å². The highest BCUT2D eigenvalue weighted by Gasteiger charge is 2.18. The molecule has 1 aromatic carbocycles. The molecule has 19 heavy (non-hydrogen) atoms. The summed E-state index contributed by atoms with van der Waals surface area (Å²) in [5, 5.41) is 4.72. The summed E-state index contributed by atoms with van der Waals surface area (Å²) in [6, 6.07) is 3.95. The molecule has 0 amide bonds. The van der Waals surface area contributed by atoms with Crippen molar-refractivity contribution in [1.82, 2.24) is 0 Å². The maximum Gasteiger partial charge on any atom is 0.161 e. The predicted octanol–water partition coefficient (Wildman–Crippen LogP) is 3.65.